The second-order valence-electron chi connectivity index (χ2n) is 6.10. The van der Waals surface area contributed by atoms with Crippen molar-refractivity contribution in [3.63, 3.8) is 0 Å². The first kappa shape index (κ1) is 18.0. The van der Waals surface area contributed by atoms with Gasteiger partial charge in [-0.15, -0.1) is 0 Å². The molecule has 28 heavy (non-hydrogen) atoms. The summed E-state index contributed by atoms with van der Waals surface area (Å²) in [5, 5.41) is 9.96. The van der Waals surface area contributed by atoms with E-state index in [1.807, 2.05) is 48.5 Å². The van der Waals surface area contributed by atoms with E-state index in [1.54, 1.807) is 11.6 Å². The van der Waals surface area contributed by atoms with E-state index in [2.05, 4.69) is 15.0 Å². The Balaban J connectivity index is 1.52. The first-order valence-corrected chi connectivity index (χ1v) is 9.47. The fraction of sp³-hybridized carbons (Fsp3) is 0.0500. The lowest BCUT2D eigenvalue weighted by Crippen LogP contribution is -2.14. The number of fused-ring (bicyclic) bond motifs is 3. The SMILES string of the molecule is O=C(/C=C/c1ccc(CSc2nc3c([nH]c4ccccc43)c(=O)[nH]2)cc1)NO. The van der Waals surface area contributed by atoms with Gasteiger partial charge in [0.2, 0.25) is 0 Å². The lowest BCUT2D eigenvalue weighted by Gasteiger charge is -2.03. The number of aromatic amines is 2. The highest BCUT2D eigenvalue weighted by Crippen LogP contribution is 2.24. The van der Waals surface area contributed by atoms with Gasteiger partial charge in [-0.25, -0.2) is 10.5 Å². The van der Waals surface area contributed by atoms with E-state index < -0.39 is 5.91 Å². The molecule has 0 spiro atoms. The molecular weight excluding hydrogens is 376 g/mol. The molecule has 0 fully saturated rings. The van der Waals surface area contributed by atoms with Gasteiger partial charge in [-0.05, 0) is 23.3 Å². The van der Waals surface area contributed by atoms with Gasteiger partial charge in [0.1, 0.15) is 11.0 Å². The molecule has 2 aromatic carbocycles. The average Bonchev–Trinajstić information content (AvgIpc) is 3.10. The molecular formula is C20H16N4O3S. The second-order valence-corrected chi connectivity index (χ2v) is 7.07. The summed E-state index contributed by atoms with van der Waals surface area (Å²) < 4.78 is 0. The number of thioether (sulfide) groups is 1. The van der Waals surface area contributed by atoms with Crippen LogP contribution in [0.4, 0.5) is 0 Å². The van der Waals surface area contributed by atoms with E-state index in [4.69, 9.17) is 5.21 Å². The van der Waals surface area contributed by atoms with E-state index in [0.717, 1.165) is 22.0 Å². The van der Waals surface area contributed by atoms with Crippen molar-refractivity contribution in [2.75, 3.05) is 0 Å². The van der Waals surface area contributed by atoms with Gasteiger partial charge in [-0.1, -0.05) is 54.2 Å². The molecule has 1 amide bonds. The highest BCUT2D eigenvalue weighted by Gasteiger charge is 2.10. The standard InChI is InChI=1S/C20H16N4O3S/c25-16(24-27)10-9-12-5-7-13(8-6-12)11-28-20-22-17-14-3-1-2-4-15(14)21-18(17)19(26)23-20/h1-10,21,27H,11H2,(H,24,25)(H,22,23,26)/b10-9+. The Kier molecular flexibility index (Phi) is 4.96. The van der Waals surface area contributed by atoms with Crippen molar-refractivity contribution in [2.24, 2.45) is 0 Å². The lowest BCUT2D eigenvalue weighted by molar-refractivity contribution is -0.124. The Labute approximate surface area is 163 Å². The molecule has 4 rings (SSSR count). The number of hydrogen-bond acceptors (Lipinski definition) is 5. The van der Waals surface area contributed by atoms with Crippen molar-refractivity contribution in [3.05, 3.63) is 76.1 Å². The molecule has 2 heterocycles. The summed E-state index contributed by atoms with van der Waals surface area (Å²) in [4.78, 5) is 33.9. The van der Waals surface area contributed by atoms with Gasteiger partial charge in [0.05, 0.1) is 0 Å². The topological polar surface area (TPSA) is 111 Å². The zero-order chi connectivity index (χ0) is 19.5. The molecule has 0 bridgehead atoms. The number of nitrogens with one attached hydrogen (secondary N) is 3. The van der Waals surface area contributed by atoms with E-state index >= 15 is 0 Å². The summed E-state index contributed by atoms with van der Waals surface area (Å²) in [5.74, 6) is 0.0557. The van der Waals surface area contributed by atoms with Gasteiger partial charge in [-0.2, -0.15) is 0 Å². The molecule has 0 unspecified atom stereocenters. The van der Waals surface area contributed by atoms with Crippen LogP contribution in [0, 0.1) is 0 Å². The van der Waals surface area contributed by atoms with Gasteiger partial charge < -0.3 is 4.98 Å². The highest BCUT2D eigenvalue weighted by molar-refractivity contribution is 7.98. The van der Waals surface area contributed by atoms with Gasteiger partial charge in [0.25, 0.3) is 11.5 Å². The van der Waals surface area contributed by atoms with Gasteiger partial charge in [0, 0.05) is 22.7 Å². The zero-order valence-corrected chi connectivity index (χ0v) is 15.4. The van der Waals surface area contributed by atoms with Gasteiger partial charge >= 0.3 is 0 Å². The predicted octanol–water partition coefficient (Wildman–Crippen LogP) is 3.22. The minimum atomic E-state index is -0.581. The number of carbonyl (C=O) groups excluding carboxylic acids is 1. The summed E-state index contributed by atoms with van der Waals surface area (Å²) in [6.45, 7) is 0. The Morgan fingerprint density at radius 3 is 2.71 bits per heavy atom. The number of benzene rings is 2. The Morgan fingerprint density at radius 2 is 1.93 bits per heavy atom. The maximum absolute atomic E-state index is 12.4. The molecule has 0 aliphatic carbocycles. The quantitative estimate of drug-likeness (QED) is 0.137. The van der Waals surface area contributed by atoms with Crippen LogP contribution in [0.2, 0.25) is 0 Å². The molecule has 4 aromatic rings. The third-order valence-corrected chi connectivity index (χ3v) is 5.18. The van der Waals surface area contributed by atoms with Crippen LogP contribution < -0.4 is 11.0 Å². The summed E-state index contributed by atoms with van der Waals surface area (Å²) in [6.07, 6.45) is 2.85. The third kappa shape index (κ3) is 3.68. The van der Waals surface area contributed by atoms with Crippen molar-refractivity contribution < 1.29 is 10.0 Å². The maximum atomic E-state index is 12.4. The lowest BCUT2D eigenvalue weighted by atomic mass is 10.1. The van der Waals surface area contributed by atoms with E-state index in [-0.39, 0.29) is 5.56 Å². The number of amides is 1. The Bertz CT molecular complexity index is 1240. The molecule has 7 nitrogen and oxygen atoms in total. The van der Waals surface area contributed by atoms with Crippen molar-refractivity contribution in [1.29, 1.82) is 0 Å². The van der Waals surface area contributed by atoms with Gasteiger partial charge in [0.15, 0.2) is 5.16 Å². The van der Waals surface area contributed by atoms with Gasteiger partial charge in [-0.3, -0.25) is 19.8 Å². The minimum Gasteiger partial charge on any atom is -0.349 e. The second kappa shape index (κ2) is 7.71. The van der Waals surface area contributed by atoms with Crippen molar-refractivity contribution in [1.82, 2.24) is 20.4 Å². The van der Waals surface area contributed by atoms with Crippen LogP contribution in [-0.4, -0.2) is 26.1 Å². The number of hydroxylamine groups is 1. The van der Waals surface area contributed by atoms with E-state index in [1.165, 1.54) is 17.8 Å². The average molecular weight is 392 g/mol. The number of hydrogen-bond donors (Lipinski definition) is 4. The fourth-order valence-electron chi connectivity index (χ4n) is 2.85. The molecule has 0 aliphatic rings. The number of carbonyl (C=O) groups is 1. The Morgan fingerprint density at radius 1 is 1.14 bits per heavy atom. The number of H-pyrrole nitrogens is 2. The first-order chi connectivity index (χ1) is 13.6. The number of para-hydroxylation sites is 1. The molecule has 4 N–H and O–H groups in total. The van der Waals surface area contributed by atoms with Crippen molar-refractivity contribution in [3.8, 4) is 0 Å². The molecule has 2 aromatic heterocycles. The summed E-state index contributed by atoms with van der Waals surface area (Å²) in [6, 6.07) is 15.3. The van der Waals surface area contributed by atoms with E-state index in [0.29, 0.717) is 21.9 Å². The van der Waals surface area contributed by atoms with Crippen LogP contribution >= 0.6 is 11.8 Å². The molecule has 8 heteroatoms. The van der Waals surface area contributed by atoms with Crippen LogP contribution in [-0.2, 0) is 10.5 Å². The molecule has 0 radical (unpaired) electrons. The zero-order valence-electron chi connectivity index (χ0n) is 14.6. The number of rotatable bonds is 5. The van der Waals surface area contributed by atoms with Crippen molar-refractivity contribution in [2.45, 2.75) is 10.9 Å². The normalized spacial score (nSPS) is 11.5. The largest absolute Gasteiger partial charge is 0.349 e. The molecule has 0 saturated heterocycles. The van der Waals surface area contributed by atoms with Crippen molar-refractivity contribution >= 4 is 45.7 Å². The third-order valence-electron chi connectivity index (χ3n) is 4.23. The number of nitrogens with zero attached hydrogens (tertiary/aromatic N) is 1. The maximum Gasteiger partial charge on any atom is 0.275 e. The number of aromatic nitrogens is 3. The molecule has 0 atom stereocenters. The van der Waals surface area contributed by atoms with Crippen LogP contribution in [0.5, 0.6) is 0 Å². The highest BCUT2D eigenvalue weighted by atomic mass is 32.2. The summed E-state index contributed by atoms with van der Waals surface area (Å²) in [5.41, 5.74) is 5.28. The van der Waals surface area contributed by atoms with Crippen LogP contribution in [0.3, 0.4) is 0 Å². The molecule has 0 aliphatic heterocycles. The van der Waals surface area contributed by atoms with E-state index in [9.17, 15) is 9.59 Å². The molecule has 140 valence electrons. The molecule has 0 saturated carbocycles. The summed E-state index contributed by atoms with van der Waals surface area (Å²) in [7, 11) is 0. The minimum absolute atomic E-state index is 0.189. The summed E-state index contributed by atoms with van der Waals surface area (Å²) >= 11 is 1.45. The Hall–Kier alpha value is -3.36. The monoisotopic (exact) mass is 392 g/mol. The van der Waals surface area contributed by atoms with Crippen LogP contribution in [0.25, 0.3) is 28.0 Å². The first-order valence-electron chi connectivity index (χ1n) is 8.48. The predicted molar refractivity (Wildman–Crippen MR) is 109 cm³/mol. The fourth-order valence-corrected chi connectivity index (χ4v) is 3.67. The van der Waals surface area contributed by atoms with Crippen LogP contribution in [0.15, 0.2) is 64.6 Å². The smallest absolute Gasteiger partial charge is 0.275 e. The van der Waals surface area contributed by atoms with Crippen LogP contribution in [0.1, 0.15) is 11.1 Å².